The minimum atomic E-state index is -4.13. The molecule has 0 amide bonds. The summed E-state index contributed by atoms with van der Waals surface area (Å²) >= 11 is 0. The lowest BCUT2D eigenvalue weighted by atomic mass is 10.2. The van der Waals surface area contributed by atoms with Crippen LogP contribution in [0.2, 0.25) is 0 Å². The Balaban J connectivity index is 2.37. The largest absolute Gasteiger partial charge is 0.493 e. The lowest BCUT2D eigenvalue weighted by Crippen LogP contribution is -2.10. The molecule has 0 heterocycles. The maximum atomic E-state index is 13.2. The molecule has 0 atom stereocenters. The molecule has 0 N–H and O–H groups in total. The van der Waals surface area contributed by atoms with Gasteiger partial charge in [0.25, 0.3) is 0 Å². The first-order valence-corrected chi connectivity index (χ1v) is 7.88. The van der Waals surface area contributed by atoms with Gasteiger partial charge >= 0.3 is 10.1 Å². The van der Waals surface area contributed by atoms with Crippen molar-refractivity contribution in [3.63, 3.8) is 0 Å². The Morgan fingerprint density at radius 1 is 1.09 bits per heavy atom. The molecule has 22 heavy (non-hydrogen) atoms. The first-order valence-electron chi connectivity index (χ1n) is 6.47. The summed E-state index contributed by atoms with van der Waals surface area (Å²) in [5, 5.41) is 0. The van der Waals surface area contributed by atoms with Crippen LogP contribution < -0.4 is 8.92 Å². The van der Waals surface area contributed by atoms with Crippen molar-refractivity contribution < 1.29 is 21.7 Å². The molecular weight excluding hydrogens is 307 g/mol. The topological polar surface area (TPSA) is 52.6 Å². The smallest absolute Gasteiger partial charge is 0.339 e. The van der Waals surface area contributed by atoms with Crippen LogP contribution >= 0.6 is 0 Å². The Morgan fingerprint density at radius 2 is 1.86 bits per heavy atom. The molecule has 0 fully saturated rings. The van der Waals surface area contributed by atoms with Crippen LogP contribution in [0.3, 0.4) is 0 Å². The highest BCUT2D eigenvalue weighted by molar-refractivity contribution is 7.87. The van der Waals surface area contributed by atoms with Gasteiger partial charge in [-0.2, -0.15) is 8.42 Å². The number of allylic oxidation sites excluding steroid dienone is 1. The van der Waals surface area contributed by atoms with Crippen LogP contribution in [0.4, 0.5) is 4.39 Å². The Kier molecular flexibility index (Phi) is 4.82. The molecule has 0 aromatic heterocycles. The lowest BCUT2D eigenvalue weighted by Gasteiger charge is -2.11. The van der Waals surface area contributed by atoms with E-state index in [-0.39, 0.29) is 16.4 Å². The van der Waals surface area contributed by atoms with Crippen molar-refractivity contribution >= 4 is 16.2 Å². The molecule has 116 valence electrons. The van der Waals surface area contributed by atoms with Crippen molar-refractivity contribution in [3.8, 4) is 11.5 Å². The van der Waals surface area contributed by atoms with Gasteiger partial charge in [0.2, 0.25) is 0 Å². The normalized spacial score (nSPS) is 11.6. The van der Waals surface area contributed by atoms with Crippen LogP contribution in [-0.2, 0) is 10.1 Å². The first kappa shape index (κ1) is 16.0. The van der Waals surface area contributed by atoms with Gasteiger partial charge in [-0.15, -0.1) is 0 Å². The molecule has 0 saturated heterocycles. The zero-order valence-corrected chi connectivity index (χ0v) is 12.9. The van der Waals surface area contributed by atoms with Gasteiger partial charge < -0.3 is 8.92 Å². The predicted octanol–water partition coefficient (Wildman–Crippen LogP) is 3.64. The maximum absolute atomic E-state index is 13.2. The van der Waals surface area contributed by atoms with Crippen LogP contribution in [0.15, 0.2) is 53.4 Å². The molecule has 0 spiro atoms. The van der Waals surface area contributed by atoms with Crippen molar-refractivity contribution in [2.75, 3.05) is 7.11 Å². The van der Waals surface area contributed by atoms with E-state index in [0.29, 0.717) is 0 Å². The van der Waals surface area contributed by atoms with Crippen molar-refractivity contribution in [1.29, 1.82) is 0 Å². The number of ether oxygens (including phenoxy) is 1. The third kappa shape index (κ3) is 3.65. The molecule has 0 bridgehead atoms. The van der Waals surface area contributed by atoms with Crippen molar-refractivity contribution in [3.05, 3.63) is 59.9 Å². The van der Waals surface area contributed by atoms with Gasteiger partial charge in [-0.1, -0.05) is 24.3 Å². The number of hydrogen-bond acceptors (Lipinski definition) is 4. The number of methoxy groups -OCH3 is 1. The van der Waals surface area contributed by atoms with E-state index in [2.05, 4.69) is 0 Å². The summed E-state index contributed by atoms with van der Waals surface area (Å²) < 4.78 is 47.7. The van der Waals surface area contributed by atoms with E-state index < -0.39 is 15.9 Å². The minimum Gasteiger partial charge on any atom is -0.493 e. The first-order chi connectivity index (χ1) is 10.5. The highest BCUT2D eigenvalue weighted by Crippen LogP contribution is 2.31. The second-order valence-corrected chi connectivity index (χ2v) is 5.95. The molecule has 0 aliphatic heterocycles. The molecule has 0 aliphatic carbocycles. The molecule has 4 nitrogen and oxygen atoms in total. The molecular formula is C16H15FO4S. The molecule has 0 unspecified atom stereocenters. The van der Waals surface area contributed by atoms with Gasteiger partial charge in [0.05, 0.1) is 7.11 Å². The fourth-order valence-corrected chi connectivity index (χ4v) is 2.81. The van der Waals surface area contributed by atoms with Crippen molar-refractivity contribution in [2.24, 2.45) is 0 Å². The van der Waals surface area contributed by atoms with Crippen molar-refractivity contribution in [1.82, 2.24) is 0 Å². The second-order valence-electron chi connectivity index (χ2n) is 4.41. The maximum Gasteiger partial charge on any atom is 0.339 e. The molecule has 2 rings (SSSR count). The summed E-state index contributed by atoms with van der Waals surface area (Å²) in [6, 6.07) is 9.46. The van der Waals surface area contributed by atoms with Crippen LogP contribution in [0.1, 0.15) is 12.5 Å². The quantitative estimate of drug-likeness (QED) is 0.789. The van der Waals surface area contributed by atoms with Crippen LogP contribution in [0.5, 0.6) is 11.5 Å². The summed E-state index contributed by atoms with van der Waals surface area (Å²) in [7, 11) is -2.72. The van der Waals surface area contributed by atoms with E-state index in [1.807, 2.05) is 19.1 Å². The van der Waals surface area contributed by atoms with E-state index in [1.54, 1.807) is 12.1 Å². The van der Waals surface area contributed by atoms with E-state index in [0.717, 1.165) is 17.7 Å². The Bertz CT molecular complexity index is 798. The van der Waals surface area contributed by atoms with Gasteiger partial charge in [-0.25, -0.2) is 4.39 Å². The van der Waals surface area contributed by atoms with Gasteiger partial charge in [0, 0.05) is 0 Å². The summed E-state index contributed by atoms with van der Waals surface area (Å²) in [4.78, 5) is -0.257. The monoisotopic (exact) mass is 322 g/mol. The van der Waals surface area contributed by atoms with Gasteiger partial charge in [-0.3, -0.25) is 0 Å². The molecule has 0 aliphatic rings. The summed E-state index contributed by atoms with van der Waals surface area (Å²) in [6.07, 6.45) is 3.69. The fourth-order valence-electron chi connectivity index (χ4n) is 1.84. The zero-order chi connectivity index (χ0) is 16.2. The van der Waals surface area contributed by atoms with Gasteiger partial charge in [-0.05, 0) is 42.8 Å². The second kappa shape index (κ2) is 6.62. The third-order valence-electron chi connectivity index (χ3n) is 2.83. The Labute approximate surface area is 128 Å². The summed E-state index contributed by atoms with van der Waals surface area (Å²) in [6.45, 7) is 1.87. The van der Waals surface area contributed by atoms with E-state index in [1.165, 1.54) is 25.3 Å². The lowest BCUT2D eigenvalue weighted by molar-refractivity contribution is 0.390. The average Bonchev–Trinajstić information content (AvgIpc) is 2.49. The number of benzene rings is 2. The van der Waals surface area contributed by atoms with Crippen LogP contribution in [-0.4, -0.2) is 15.5 Å². The Hall–Kier alpha value is -2.34. The summed E-state index contributed by atoms with van der Waals surface area (Å²) in [5.41, 5.74) is 0.842. The molecule has 2 aromatic rings. The predicted molar refractivity (Wildman–Crippen MR) is 81.9 cm³/mol. The number of halogens is 1. The molecule has 6 heteroatoms. The molecule has 0 saturated carbocycles. The van der Waals surface area contributed by atoms with Crippen LogP contribution in [0.25, 0.3) is 6.08 Å². The molecule has 0 radical (unpaired) electrons. The highest BCUT2D eigenvalue weighted by atomic mass is 32.2. The van der Waals surface area contributed by atoms with Crippen molar-refractivity contribution in [2.45, 2.75) is 11.8 Å². The van der Waals surface area contributed by atoms with Gasteiger partial charge in [0.15, 0.2) is 11.5 Å². The van der Waals surface area contributed by atoms with E-state index in [4.69, 9.17) is 8.92 Å². The number of rotatable bonds is 5. The minimum absolute atomic E-state index is 0.0417. The third-order valence-corrected chi connectivity index (χ3v) is 4.06. The van der Waals surface area contributed by atoms with Crippen LogP contribution in [0, 0.1) is 5.82 Å². The zero-order valence-electron chi connectivity index (χ0n) is 12.1. The molecule has 2 aromatic carbocycles. The standard InChI is InChI=1S/C16H15FO4S/c1-3-5-12-8-9-15(16(10-12)20-2)21-22(18,19)14-7-4-6-13(17)11-14/h3-11H,1-2H3/b5-3+. The number of hydrogen-bond donors (Lipinski definition) is 0. The van der Waals surface area contributed by atoms with Gasteiger partial charge in [0.1, 0.15) is 10.7 Å². The fraction of sp³-hybridized carbons (Fsp3) is 0.125. The van der Waals surface area contributed by atoms with E-state index >= 15 is 0 Å². The Morgan fingerprint density at radius 3 is 2.50 bits per heavy atom. The highest BCUT2D eigenvalue weighted by Gasteiger charge is 2.19. The SMILES string of the molecule is C/C=C/c1ccc(OS(=O)(=O)c2cccc(F)c2)c(OC)c1. The summed E-state index contributed by atoms with van der Waals surface area (Å²) in [5.74, 6) is -0.337. The average molecular weight is 322 g/mol. The van der Waals surface area contributed by atoms with E-state index in [9.17, 15) is 12.8 Å².